The number of piperidine rings is 2. The Hall–Kier alpha value is -3.36. The Morgan fingerprint density at radius 3 is 2.29 bits per heavy atom. The highest BCUT2D eigenvalue weighted by atomic mass is 16.6. The topological polar surface area (TPSA) is 105 Å². The Kier molecular flexibility index (Phi) is 11.2. The molecule has 9 aliphatic heterocycles. The Morgan fingerprint density at radius 2 is 1.45 bits per heavy atom. The van der Waals surface area contributed by atoms with Gasteiger partial charge in [0, 0.05) is 61.2 Å². The standard InChI is InChI=1S/C76H101N3O5/c1-46-35-51-19-20-58-53-36-47-43-78(45-53)59(54-41-72(26-6-7-27-72)73(42-54)32-12-30-70(73)24-4-5-25-70)39-60(80)66-74-33-21-55-63(65(51)79(58)44-47)56(46)37-50-18-17-49(52-14-9-28-71(40-52)31-11-29-69(71)22-2-3-23-69)38-61(75(74,64(50)55)68(82)83-66)76(74)57-16-8-13-48(15-10-34-77)62(57)67(81)84-76/h8,13,16-18,46-47,49-50,52-54,56,58-59,61,63,80H,2-7,9-12,14-15,19-45,77H2,1H3/b18-17-,66-60-/t46-,47+,49-,50+,52+,53-,54+,56-,58-,59+,61+,63+,71+,73+,74-,75-,76-/m1/s1. The first kappa shape index (κ1) is 52.6. The molecule has 3 N–H and O–H groups in total. The zero-order valence-corrected chi connectivity index (χ0v) is 51.4. The monoisotopic (exact) mass is 1140 g/mol. The summed E-state index contributed by atoms with van der Waals surface area (Å²) in [6, 6.07) is 7.33. The first-order valence-corrected chi connectivity index (χ1v) is 36.3. The van der Waals surface area contributed by atoms with Gasteiger partial charge in [0.1, 0.15) is 11.2 Å². The number of nitrogens with two attached hydrogens (primary N) is 1. The van der Waals surface area contributed by atoms with Gasteiger partial charge in [-0.1, -0.05) is 106 Å². The number of ether oxygens (including phenoxy) is 2. The van der Waals surface area contributed by atoms with Crippen LogP contribution in [0.1, 0.15) is 247 Å². The third kappa shape index (κ3) is 6.15. The number of hydrogen-bond acceptors (Lipinski definition) is 8. The third-order valence-corrected chi connectivity index (χ3v) is 32.1. The van der Waals surface area contributed by atoms with Crippen LogP contribution < -0.4 is 5.73 Å². The molecule has 18 atom stereocenters. The molecule has 84 heavy (non-hydrogen) atoms. The summed E-state index contributed by atoms with van der Waals surface area (Å²) >= 11 is 0. The summed E-state index contributed by atoms with van der Waals surface area (Å²) in [5.74, 6) is 4.16. The second-order valence-electron chi connectivity index (χ2n) is 34.1. The SMILES string of the molecule is C[C@@H]1CC2=C3[C@H]4C5=C6[C@@H](/C=C\[C@@H]([C@H]7CCC[C@]8(CCCC89CCCC9)C7)C[C@H]7[C@]68C(=O)O/C(=C(\O)C[C@@H]([C@H]6CC9(CCCC9)[C@@]9(CCCC9%10CCCC%10)C6)N6C[C@@H]9C[C@H](C6)[C@@H](CC2)N3C9)[C@@]8(CC5)[C@]72OC(=O)c3c(CCCN)cccc32)C[C@@H]41. The smallest absolute Gasteiger partial charge is 0.339 e. The summed E-state index contributed by atoms with van der Waals surface area (Å²) in [6.45, 7) is 6.54. The second-order valence-corrected chi connectivity index (χ2v) is 34.1. The number of benzene rings is 1. The number of esters is 2. The van der Waals surface area contributed by atoms with E-state index in [1.54, 1.807) is 16.8 Å². The van der Waals surface area contributed by atoms with Crippen LogP contribution in [0.3, 0.4) is 0 Å². The van der Waals surface area contributed by atoms with Crippen molar-refractivity contribution in [2.24, 2.45) is 103 Å². The van der Waals surface area contributed by atoms with Gasteiger partial charge < -0.3 is 25.2 Å². The molecule has 450 valence electrons. The van der Waals surface area contributed by atoms with Crippen molar-refractivity contribution in [2.75, 3.05) is 26.2 Å². The van der Waals surface area contributed by atoms with Gasteiger partial charge in [0.2, 0.25) is 0 Å². The van der Waals surface area contributed by atoms with Crippen LogP contribution in [0.25, 0.3) is 0 Å². The van der Waals surface area contributed by atoms with Gasteiger partial charge in [0.15, 0.2) is 11.4 Å². The number of carbonyl (C=O) groups excluding carboxylic acids is 2. The average Bonchev–Trinajstić information content (AvgIpc) is 1.30. The normalized spacial score (nSPS) is 49.2. The molecule has 8 saturated carbocycles. The quantitative estimate of drug-likeness (QED) is 0.222. The number of nitrogens with zero attached hydrogens (tertiary/aromatic N) is 2. The molecule has 8 heteroatoms. The van der Waals surface area contributed by atoms with E-state index in [4.69, 9.17) is 15.2 Å². The summed E-state index contributed by atoms with van der Waals surface area (Å²) in [6.07, 6.45) is 49.0. The number of hydrogen-bond donors (Lipinski definition) is 2. The zero-order chi connectivity index (χ0) is 56.0. The van der Waals surface area contributed by atoms with Gasteiger partial charge in [0.05, 0.1) is 11.0 Å². The third-order valence-electron chi connectivity index (χ3n) is 32.1. The lowest BCUT2D eigenvalue weighted by Gasteiger charge is -2.73. The van der Waals surface area contributed by atoms with E-state index in [-0.39, 0.29) is 35.7 Å². The minimum absolute atomic E-state index is 0.0994. The fourth-order valence-electron chi connectivity index (χ4n) is 29.8. The lowest BCUT2D eigenvalue weighted by Crippen LogP contribution is -2.78. The first-order chi connectivity index (χ1) is 41.0. The van der Waals surface area contributed by atoms with E-state index < -0.39 is 16.4 Å². The Balaban J connectivity index is 0.842. The van der Waals surface area contributed by atoms with Crippen LogP contribution in [0.5, 0.6) is 0 Å². The van der Waals surface area contributed by atoms with Gasteiger partial charge in [-0.15, -0.1) is 0 Å². The van der Waals surface area contributed by atoms with Gasteiger partial charge in [-0.2, -0.15) is 0 Å². The van der Waals surface area contributed by atoms with E-state index >= 15 is 9.59 Å². The first-order valence-electron chi connectivity index (χ1n) is 36.3. The molecular weight excluding hydrogens is 1030 g/mol. The van der Waals surface area contributed by atoms with E-state index in [1.165, 1.54) is 185 Å². The fourth-order valence-corrected chi connectivity index (χ4v) is 29.8. The minimum Gasteiger partial charge on any atom is -0.509 e. The predicted octanol–water partition coefficient (Wildman–Crippen LogP) is 15.9. The predicted molar refractivity (Wildman–Crippen MR) is 326 cm³/mol. The number of aliphatic hydroxyl groups is 1. The minimum atomic E-state index is -1.15. The molecule has 22 rings (SSSR count). The van der Waals surface area contributed by atoms with E-state index in [1.807, 2.05) is 0 Å². The Bertz CT molecular complexity index is 3120. The number of allylic oxidation sites excluding steroid dienone is 4. The van der Waals surface area contributed by atoms with E-state index in [9.17, 15) is 5.11 Å². The van der Waals surface area contributed by atoms with Crippen molar-refractivity contribution in [2.45, 2.75) is 249 Å². The van der Waals surface area contributed by atoms with Crippen molar-refractivity contribution in [1.29, 1.82) is 0 Å². The molecule has 1 aromatic carbocycles. The van der Waals surface area contributed by atoms with Crippen molar-refractivity contribution in [3.8, 4) is 0 Å². The van der Waals surface area contributed by atoms with Crippen LogP contribution in [0.15, 0.2) is 64.3 Å². The summed E-state index contributed by atoms with van der Waals surface area (Å²) in [4.78, 5) is 38.9. The highest BCUT2D eigenvalue weighted by Gasteiger charge is 2.94. The molecule has 9 heterocycles. The van der Waals surface area contributed by atoms with Crippen molar-refractivity contribution < 1.29 is 24.2 Å². The molecule has 1 aromatic rings. The number of fused-ring (bicyclic) bond motifs is 6. The molecule has 1 unspecified atom stereocenters. The highest BCUT2D eigenvalue weighted by Crippen LogP contribution is 2.89. The maximum absolute atomic E-state index is 17.1. The summed E-state index contributed by atoms with van der Waals surface area (Å²) in [5.41, 5.74) is 14.4. The van der Waals surface area contributed by atoms with Gasteiger partial charge in [-0.25, -0.2) is 4.79 Å². The summed E-state index contributed by atoms with van der Waals surface area (Å²) in [7, 11) is 0. The lowest BCUT2D eigenvalue weighted by molar-refractivity contribution is -0.282. The van der Waals surface area contributed by atoms with Crippen LogP contribution in [-0.4, -0.2) is 65.1 Å². The molecule has 12 aliphatic carbocycles. The molecule has 0 amide bonds. The molecule has 0 aromatic heterocycles. The van der Waals surface area contributed by atoms with Crippen LogP contribution in [0.4, 0.5) is 0 Å². The molecule has 8 nitrogen and oxygen atoms in total. The van der Waals surface area contributed by atoms with Crippen LogP contribution >= 0.6 is 0 Å². The Morgan fingerprint density at radius 1 is 0.702 bits per heavy atom. The molecule has 8 spiro atoms. The maximum atomic E-state index is 17.1. The summed E-state index contributed by atoms with van der Waals surface area (Å²) < 4.78 is 15.2. The van der Waals surface area contributed by atoms with Crippen molar-refractivity contribution in [1.82, 2.24) is 9.80 Å². The van der Waals surface area contributed by atoms with Crippen LogP contribution in [0, 0.1) is 97.1 Å². The molecule has 0 radical (unpaired) electrons. The van der Waals surface area contributed by atoms with Crippen molar-refractivity contribution in [3.63, 3.8) is 0 Å². The molecular formula is C76H101N3O5. The largest absolute Gasteiger partial charge is 0.509 e. The number of carbonyl (C=O) groups is 2. The average molecular weight is 1140 g/mol. The van der Waals surface area contributed by atoms with Crippen LogP contribution in [0.2, 0.25) is 0 Å². The van der Waals surface area contributed by atoms with E-state index in [0.717, 1.165) is 62.0 Å². The number of rotatable bonds is 5. The molecule has 12 bridgehead atoms. The second kappa shape index (κ2) is 18.0. The maximum Gasteiger partial charge on any atom is 0.339 e. The molecule has 3 saturated heterocycles. The molecule has 11 fully saturated rings. The number of aryl methyl sites for hydroxylation is 1. The fraction of sp³-hybridized carbons (Fsp3) is 0.789. The van der Waals surface area contributed by atoms with E-state index in [2.05, 4.69) is 47.1 Å². The summed E-state index contributed by atoms with van der Waals surface area (Å²) in [5, 5.41) is 14.3. The van der Waals surface area contributed by atoms with Crippen molar-refractivity contribution >= 4 is 11.9 Å². The van der Waals surface area contributed by atoms with Gasteiger partial charge >= 0.3 is 11.9 Å². The van der Waals surface area contributed by atoms with Gasteiger partial charge in [-0.05, 0) is 253 Å². The van der Waals surface area contributed by atoms with Gasteiger partial charge in [-0.3, -0.25) is 9.69 Å². The van der Waals surface area contributed by atoms with Gasteiger partial charge in [0.25, 0.3) is 0 Å². The highest BCUT2D eigenvalue weighted by molar-refractivity contribution is 6.00. The van der Waals surface area contributed by atoms with Crippen LogP contribution in [-0.2, 0) is 26.3 Å². The molecule has 21 aliphatic rings. The Labute approximate surface area is 502 Å². The van der Waals surface area contributed by atoms with E-state index in [0.29, 0.717) is 112 Å². The lowest BCUT2D eigenvalue weighted by atomic mass is 9.27. The number of aliphatic hydroxyl groups excluding tert-OH is 1. The zero-order valence-electron chi connectivity index (χ0n) is 51.4. The van der Waals surface area contributed by atoms with Crippen molar-refractivity contribution in [3.05, 3.63) is 81.0 Å².